The monoisotopic (exact) mass is 382 g/mol. The van der Waals surface area contributed by atoms with Gasteiger partial charge in [-0.15, -0.1) is 0 Å². The van der Waals surface area contributed by atoms with Crippen LogP contribution in [0.25, 0.3) is 0 Å². The van der Waals surface area contributed by atoms with Gasteiger partial charge in [0, 0.05) is 11.0 Å². The predicted octanol–water partition coefficient (Wildman–Crippen LogP) is 2.53. The van der Waals surface area contributed by atoms with E-state index in [-0.39, 0.29) is 25.4 Å². The largest absolute Gasteiger partial charge is 0.351 e. The van der Waals surface area contributed by atoms with Gasteiger partial charge < -0.3 is 5.32 Å². The van der Waals surface area contributed by atoms with E-state index >= 15 is 0 Å². The fourth-order valence-corrected chi connectivity index (χ4v) is 3.38. The third-order valence-corrected chi connectivity index (χ3v) is 4.53. The molecule has 0 atom stereocenters. The number of amides is 1. The molecule has 3 N–H and O–H groups in total. The van der Waals surface area contributed by atoms with Crippen molar-refractivity contribution in [1.29, 1.82) is 0 Å². The Labute approximate surface area is 132 Å². The molecule has 0 aliphatic rings. The van der Waals surface area contributed by atoms with Crippen LogP contribution in [0.3, 0.4) is 0 Å². The molecule has 0 spiro atoms. The van der Waals surface area contributed by atoms with Crippen LogP contribution in [0.1, 0.15) is 31.1 Å². The second-order valence-electron chi connectivity index (χ2n) is 5.55. The first-order valence-corrected chi connectivity index (χ1v) is 8.43. The number of carbonyl (C=O) groups is 1. The smallest absolute Gasteiger partial charge is 0.252 e. The standard InChI is InChI=1S/C12H16BrClN2O3S/c1-12(2,3)6-16-11(17)7-4-10(20(15,18)19)8(13)5-9(7)14/h4-5H,6H2,1-3H3,(H,16,17)(H2,15,18,19). The first-order valence-electron chi connectivity index (χ1n) is 5.72. The summed E-state index contributed by atoms with van der Waals surface area (Å²) in [6, 6.07) is 2.51. The van der Waals surface area contributed by atoms with Crippen LogP contribution in [0.4, 0.5) is 0 Å². The zero-order valence-corrected chi connectivity index (χ0v) is 14.5. The third kappa shape index (κ3) is 4.73. The quantitative estimate of drug-likeness (QED) is 0.840. The second-order valence-corrected chi connectivity index (χ2v) is 8.34. The van der Waals surface area contributed by atoms with Gasteiger partial charge in [0.05, 0.1) is 15.5 Å². The molecule has 8 heteroatoms. The van der Waals surface area contributed by atoms with Gasteiger partial charge >= 0.3 is 0 Å². The van der Waals surface area contributed by atoms with E-state index in [4.69, 9.17) is 16.7 Å². The predicted molar refractivity (Wildman–Crippen MR) is 82.3 cm³/mol. The summed E-state index contributed by atoms with van der Waals surface area (Å²) in [5.74, 6) is -0.442. The molecule has 1 amide bonds. The van der Waals surface area contributed by atoms with Gasteiger partial charge in [0.2, 0.25) is 10.0 Å². The Balaban J connectivity index is 3.16. The van der Waals surface area contributed by atoms with E-state index in [1.807, 2.05) is 20.8 Å². The highest BCUT2D eigenvalue weighted by atomic mass is 79.9. The van der Waals surface area contributed by atoms with Crippen molar-refractivity contribution in [3.05, 3.63) is 27.2 Å². The molecule has 1 rings (SSSR count). The third-order valence-electron chi connectivity index (χ3n) is 2.35. The van der Waals surface area contributed by atoms with Gasteiger partial charge in [-0.3, -0.25) is 4.79 Å². The lowest BCUT2D eigenvalue weighted by atomic mass is 9.97. The molecule has 112 valence electrons. The Hall–Kier alpha value is -0.630. The average Bonchev–Trinajstić information content (AvgIpc) is 2.23. The second kappa shape index (κ2) is 6.01. The van der Waals surface area contributed by atoms with E-state index in [9.17, 15) is 13.2 Å². The average molecular weight is 384 g/mol. The van der Waals surface area contributed by atoms with Crippen molar-refractivity contribution in [2.45, 2.75) is 25.7 Å². The fraction of sp³-hybridized carbons (Fsp3) is 0.417. The molecular formula is C12H16BrClN2O3S. The maximum Gasteiger partial charge on any atom is 0.252 e. The molecule has 0 heterocycles. The highest BCUT2D eigenvalue weighted by molar-refractivity contribution is 9.10. The van der Waals surface area contributed by atoms with Crippen LogP contribution in [0, 0.1) is 5.41 Å². The van der Waals surface area contributed by atoms with Crippen LogP contribution in [0.15, 0.2) is 21.5 Å². The van der Waals surface area contributed by atoms with Crippen molar-refractivity contribution in [2.75, 3.05) is 6.54 Å². The van der Waals surface area contributed by atoms with E-state index in [0.29, 0.717) is 6.54 Å². The molecule has 0 unspecified atom stereocenters. The maximum atomic E-state index is 12.1. The molecular weight excluding hydrogens is 368 g/mol. The summed E-state index contributed by atoms with van der Waals surface area (Å²) in [5.41, 5.74) is -0.0246. The molecule has 0 bridgehead atoms. The van der Waals surface area contributed by atoms with Crippen molar-refractivity contribution < 1.29 is 13.2 Å². The maximum absolute atomic E-state index is 12.1. The molecule has 0 fully saturated rings. The Morgan fingerprint density at radius 2 is 1.95 bits per heavy atom. The summed E-state index contributed by atoms with van der Waals surface area (Å²) in [4.78, 5) is 11.9. The van der Waals surface area contributed by atoms with Crippen molar-refractivity contribution in [1.82, 2.24) is 5.32 Å². The normalized spacial score (nSPS) is 12.3. The Morgan fingerprint density at radius 3 is 2.40 bits per heavy atom. The lowest BCUT2D eigenvalue weighted by Crippen LogP contribution is -2.32. The number of sulfonamides is 1. The highest BCUT2D eigenvalue weighted by Gasteiger charge is 2.20. The number of halogens is 2. The molecule has 0 saturated heterocycles. The van der Waals surface area contributed by atoms with Gasteiger partial charge in [0.15, 0.2) is 0 Å². The van der Waals surface area contributed by atoms with Crippen molar-refractivity contribution >= 4 is 43.5 Å². The van der Waals surface area contributed by atoms with Crippen LogP contribution in [-0.2, 0) is 10.0 Å². The number of benzene rings is 1. The van der Waals surface area contributed by atoms with Crippen molar-refractivity contribution in [2.24, 2.45) is 10.6 Å². The topological polar surface area (TPSA) is 89.3 Å². The molecule has 0 aromatic heterocycles. The van der Waals surface area contributed by atoms with Crippen LogP contribution in [-0.4, -0.2) is 20.9 Å². The lowest BCUT2D eigenvalue weighted by molar-refractivity contribution is 0.0939. The van der Waals surface area contributed by atoms with Crippen molar-refractivity contribution in [3.63, 3.8) is 0 Å². The van der Waals surface area contributed by atoms with Crippen LogP contribution >= 0.6 is 27.5 Å². The van der Waals surface area contributed by atoms with Crippen molar-refractivity contribution in [3.8, 4) is 0 Å². The molecule has 5 nitrogen and oxygen atoms in total. The van der Waals surface area contributed by atoms with Gasteiger partial charge in [-0.2, -0.15) is 0 Å². The van der Waals surface area contributed by atoms with Gasteiger partial charge in [-0.25, -0.2) is 13.6 Å². The summed E-state index contributed by atoms with van der Waals surface area (Å²) in [5, 5.41) is 7.94. The van der Waals surface area contributed by atoms with Crippen LogP contribution in [0.5, 0.6) is 0 Å². The summed E-state index contributed by atoms with van der Waals surface area (Å²) < 4.78 is 23.1. The molecule has 0 aliphatic heterocycles. The van der Waals surface area contributed by atoms with E-state index in [1.165, 1.54) is 12.1 Å². The zero-order chi connectivity index (χ0) is 15.7. The fourth-order valence-electron chi connectivity index (χ4n) is 1.36. The van der Waals surface area contributed by atoms with Crippen LogP contribution in [0.2, 0.25) is 5.02 Å². The number of carbonyl (C=O) groups excluding carboxylic acids is 1. The summed E-state index contributed by atoms with van der Waals surface area (Å²) in [7, 11) is -3.94. The van der Waals surface area contributed by atoms with Crippen LogP contribution < -0.4 is 10.5 Å². The number of nitrogens with two attached hydrogens (primary N) is 1. The van der Waals surface area contributed by atoms with E-state index in [1.54, 1.807) is 0 Å². The molecule has 1 aromatic rings. The zero-order valence-electron chi connectivity index (χ0n) is 11.3. The first-order chi connectivity index (χ1) is 8.92. The number of rotatable bonds is 3. The Kier molecular flexibility index (Phi) is 5.23. The Bertz CT molecular complexity index is 639. The number of hydrogen-bond acceptors (Lipinski definition) is 3. The molecule has 0 saturated carbocycles. The minimum atomic E-state index is -3.94. The highest BCUT2D eigenvalue weighted by Crippen LogP contribution is 2.28. The molecule has 0 radical (unpaired) electrons. The first kappa shape index (κ1) is 17.4. The number of nitrogens with one attached hydrogen (secondary N) is 1. The van der Waals surface area contributed by atoms with Gasteiger partial charge in [0.25, 0.3) is 5.91 Å². The summed E-state index contributed by atoms with van der Waals surface area (Å²) in [6.07, 6.45) is 0. The molecule has 0 aliphatic carbocycles. The lowest BCUT2D eigenvalue weighted by Gasteiger charge is -2.19. The minimum absolute atomic E-state index is 0.0724. The van der Waals surface area contributed by atoms with E-state index in [2.05, 4.69) is 21.2 Å². The van der Waals surface area contributed by atoms with Gasteiger partial charge in [-0.1, -0.05) is 32.4 Å². The molecule has 20 heavy (non-hydrogen) atoms. The Morgan fingerprint density at radius 1 is 1.40 bits per heavy atom. The van der Waals surface area contributed by atoms with E-state index in [0.717, 1.165) is 0 Å². The number of hydrogen-bond donors (Lipinski definition) is 2. The van der Waals surface area contributed by atoms with Gasteiger partial charge in [0.1, 0.15) is 0 Å². The summed E-state index contributed by atoms with van der Waals surface area (Å²) >= 11 is 9.03. The number of primary sulfonamides is 1. The SMILES string of the molecule is CC(C)(C)CNC(=O)c1cc(S(N)(=O)=O)c(Br)cc1Cl. The van der Waals surface area contributed by atoms with Gasteiger partial charge in [-0.05, 0) is 33.5 Å². The van der Waals surface area contributed by atoms with E-state index < -0.39 is 15.9 Å². The summed E-state index contributed by atoms with van der Waals surface area (Å²) in [6.45, 7) is 6.33. The minimum Gasteiger partial charge on any atom is -0.351 e. The molecule has 1 aromatic carbocycles.